The summed E-state index contributed by atoms with van der Waals surface area (Å²) in [4.78, 5) is 15.4. The molecule has 0 aliphatic carbocycles. The summed E-state index contributed by atoms with van der Waals surface area (Å²) >= 11 is 0. The van der Waals surface area contributed by atoms with Crippen LogP contribution in [0.2, 0.25) is 0 Å². The molecule has 3 nitrogen and oxygen atoms in total. The van der Waals surface area contributed by atoms with Gasteiger partial charge in [-0.05, 0) is 31.0 Å². The van der Waals surface area contributed by atoms with Crippen molar-refractivity contribution in [3.8, 4) is 11.8 Å². The Hall–Kier alpha value is -2.60. The Labute approximate surface area is 118 Å². The third-order valence-corrected chi connectivity index (χ3v) is 2.78. The van der Waals surface area contributed by atoms with Crippen LogP contribution in [0.15, 0.2) is 54.9 Å². The molecule has 1 atom stereocenters. The number of pyridine rings is 1. The van der Waals surface area contributed by atoms with Crippen LogP contribution >= 0.6 is 0 Å². The van der Waals surface area contributed by atoms with Gasteiger partial charge in [0.05, 0.1) is 0 Å². The van der Waals surface area contributed by atoms with E-state index in [-0.39, 0.29) is 5.97 Å². The lowest BCUT2D eigenvalue weighted by molar-refractivity contribution is -0.151. The lowest BCUT2D eigenvalue weighted by Crippen LogP contribution is -2.26. The summed E-state index contributed by atoms with van der Waals surface area (Å²) < 4.78 is 5.39. The number of aromatic nitrogens is 1. The zero-order valence-electron chi connectivity index (χ0n) is 11.5. The van der Waals surface area contributed by atoms with E-state index < -0.39 is 5.60 Å². The van der Waals surface area contributed by atoms with Crippen LogP contribution in [0.3, 0.4) is 0 Å². The number of nitrogens with zero attached hydrogens (tertiary/aromatic N) is 1. The predicted octanol–water partition coefficient (Wildman–Crippen LogP) is 2.91. The van der Waals surface area contributed by atoms with E-state index in [1.54, 1.807) is 25.4 Å². The molecule has 0 spiro atoms. The largest absolute Gasteiger partial charge is 0.442 e. The van der Waals surface area contributed by atoms with E-state index in [1.807, 2.05) is 36.4 Å². The summed E-state index contributed by atoms with van der Waals surface area (Å²) in [6.07, 6.45) is 3.32. The molecule has 0 aliphatic heterocycles. The van der Waals surface area contributed by atoms with Crippen molar-refractivity contribution in [2.75, 3.05) is 0 Å². The van der Waals surface area contributed by atoms with E-state index in [0.717, 1.165) is 11.1 Å². The second-order valence-electron chi connectivity index (χ2n) is 4.48. The standard InChI is InChI=1S/C17H15NO2/c1-14(19)20-17(2,16-9-6-12-18-13-16)11-10-15-7-4-3-5-8-15/h3-9,12-13H,1-2H3. The van der Waals surface area contributed by atoms with Crippen molar-refractivity contribution in [2.24, 2.45) is 0 Å². The van der Waals surface area contributed by atoms with Gasteiger partial charge in [-0.3, -0.25) is 9.78 Å². The van der Waals surface area contributed by atoms with E-state index in [2.05, 4.69) is 16.8 Å². The zero-order valence-corrected chi connectivity index (χ0v) is 11.5. The van der Waals surface area contributed by atoms with Crippen LogP contribution in [0.1, 0.15) is 25.0 Å². The number of rotatable bonds is 2. The molecule has 0 saturated carbocycles. The Morgan fingerprint density at radius 2 is 1.95 bits per heavy atom. The molecule has 0 amide bonds. The van der Waals surface area contributed by atoms with Crippen LogP contribution in [0, 0.1) is 11.8 Å². The molecule has 0 saturated heterocycles. The van der Waals surface area contributed by atoms with Gasteiger partial charge in [0, 0.05) is 30.4 Å². The van der Waals surface area contributed by atoms with Gasteiger partial charge >= 0.3 is 5.97 Å². The summed E-state index contributed by atoms with van der Waals surface area (Å²) in [5.74, 6) is 5.68. The minimum absolute atomic E-state index is 0.376. The first kappa shape index (κ1) is 13.8. The monoisotopic (exact) mass is 265 g/mol. The molecule has 0 aliphatic rings. The van der Waals surface area contributed by atoms with Gasteiger partial charge in [0.1, 0.15) is 0 Å². The summed E-state index contributed by atoms with van der Waals surface area (Å²) in [7, 11) is 0. The predicted molar refractivity (Wildman–Crippen MR) is 76.7 cm³/mol. The highest BCUT2D eigenvalue weighted by molar-refractivity contribution is 5.67. The Balaban J connectivity index is 2.39. The van der Waals surface area contributed by atoms with Crippen molar-refractivity contribution in [2.45, 2.75) is 19.4 Å². The molecule has 2 rings (SSSR count). The van der Waals surface area contributed by atoms with Crippen molar-refractivity contribution < 1.29 is 9.53 Å². The summed E-state index contributed by atoms with van der Waals surface area (Å²) in [5.41, 5.74) is 0.615. The molecule has 0 fully saturated rings. The third kappa shape index (κ3) is 3.46. The van der Waals surface area contributed by atoms with Crippen molar-refractivity contribution in [3.05, 3.63) is 66.0 Å². The molecule has 1 aromatic carbocycles. The molecule has 20 heavy (non-hydrogen) atoms. The normalized spacial score (nSPS) is 12.7. The molecule has 1 heterocycles. The van der Waals surface area contributed by atoms with E-state index in [9.17, 15) is 4.79 Å². The van der Waals surface area contributed by atoms with Gasteiger partial charge < -0.3 is 4.74 Å². The summed E-state index contributed by atoms with van der Waals surface area (Å²) in [6, 6.07) is 13.2. The Morgan fingerprint density at radius 3 is 2.55 bits per heavy atom. The lowest BCUT2D eigenvalue weighted by atomic mass is 9.97. The first-order valence-electron chi connectivity index (χ1n) is 6.28. The molecule has 0 N–H and O–H groups in total. The molecule has 0 bridgehead atoms. The van der Waals surface area contributed by atoms with Crippen LogP contribution < -0.4 is 0 Å². The average Bonchev–Trinajstić information content (AvgIpc) is 2.47. The third-order valence-electron chi connectivity index (χ3n) is 2.78. The fraction of sp³-hybridized carbons (Fsp3) is 0.176. The quantitative estimate of drug-likeness (QED) is 0.619. The highest BCUT2D eigenvalue weighted by atomic mass is 16.6. The minimum Gasteiger partial charge on any atom is -0.442 e. The summed E-state index contributed by atoms with van der Waals surface area (Å²) in [5, 5.41) is 0. The van der Waals surface area contributed by atoms with Gasteiger partial charge in [-0.25, -0.2) is 0 Å². The van der Waals surface area contributed by atoms with Gasteiger partial charge in [-0.15, -0.1) is 0 Å². The molecule has 3 heteroatoms. The second kappa shape index (κ2) is 6.03. The first-order valence-corrected chi connectivity index (χ1v) is 6.28. The maximum atomic E-state index is 11.3. The maximum Gasteiger partial charge on any atom is 0.304 e. The number of ether oxygens (including phenoxy) is 1. The van der Waals surface area contributed by atoms with Crippen LogP contribution in [-0.4, -0.2) is 11.0 Å². The topological polar surface area (TPSA) is 39.2 Å². The zero-order chi connectivity index (χ0) is 14.4. The highest BCUT2D eigenvalue weighted by Crippen LogP contribution is 2.24. The molecular formula is C17H15NO2. The second-order valence-corrected chi connectivity index (χ2v) is 4.48. The Bertz CT molecular complexity index is 641. The molecule has 1 unspecified atom stereocenters. The van der Waals surface area contributed by atoms with Crippen LogP contribution in [0.5, 0.6) is 0 Å². The average molecular weight is 265 g/mol. The highest BCUT2D eigenvalue weighted by Gasteiger charge is 2.28. The maximum absolute atomic E-state index is 11.3. The van der Waals surface area contributed by atoms with Crippen molar-refractivity contribution in [3.63, 3.8) is 0 Å². The smallest absolute Gasteiger partial charge is 0.304 e. The number of carbonyl (C=O) groups excluding carboxylic acids is 1. The van der Waals surface area contributed by atoms with Crippen LogP contribution in [-0.2, 0) is 15.1 Å². The van der Waals surface area contributed by atoms with E-state index in [4.69, 9.17) is 4.74 Å². The Morgan fingerprint density at radius 1 is 1.20 bits per heavy atom. The van der Waals surface area contributed by atoms with Gasteiger partial charge in [0.25, 0.3) is 0 Å². The molecular weight excluding hydrogens is 250 g/mol. The fourth-order valence-corrected chi connectivity index (χ4v) is 1.80. The van der Waals surface area contributed by atoms with E-state index in [0.29, 0.717) is 0 Å². The SMILES string of the molecule is CC(=O)OC(C)(C#Cc1ccccc1)c1cccnc1. The molecule has 100 valence electrons. The fourth-order valence-electron chi connectivity index (χ4n) is 1.80. The lowest BCUT2D eigenvalue weighted by Gasteiger charge is -2.23. The Kier molecular flexibility index (Phi) is 4.17. The van der Waals surface area contributed by atoms with Crippen molar-refractivity contribution >= 4 is 5.97 Å². The number of hydrogen-bond acceptors (Lipinski definition) is 3. The minimum atomic E-state index is -1.00. The van der Waals surface area contributed by atoms with Gasteiger partial charge in [-0.1, -0.05) is 30.2 Å². The van der Waals surface area contributed by atoms with Crippen LogP contribution in [0.25, 0.3) is 0 Å². The molecule has 1 aromatic heterocycles. The van der Waals surface area contributed by atoms with Crippen molar-refractivity contribution in [1.29, 1.82) is 0 Å². The van der Waals surface area contributed by atoms with Gasteiger partial charge in [0.2, 0.25) is 0 Å². The van der Waals surface area contributed by atoms with Gasteiger partial charge in [0.15, 0.2) is 5.60 Å². The van der Waals surface area contributed by atoms with Crippen molar-refractivity contribution in [1.82, 2.24) is 4.98 Å². The number of hydrogen-bond donors (Lipinski definition) is 0. The summed E-state index contributed by atoms with van der Waals surface area (Å²) in [6.45, 7) is 3.14. The first-order chi connectivity index (χ1) is 9.60. The number of benzene rings is 1. The van der Waals surface area contributed by atoms with Crippen LogP contribution in [0.4, 0.5) is 0 Å². The number of carbonyl (C=O) groups is 1. The molecule has 2 aromatic rings. The van der Waals surface area contributed by atoms with E-state index >= 15 is 0 Å². The van der Waals surface area contributed by atoms with Gasteiger partial charge in [-0.2, -0.15) is 0 Å². The number of esters is 1. The van der Waals surface area contributed by atoms with E-state index in [1.165, 1.54) is 6.92 Å². The molecule has 0 radical (unpaired) electrons.